The molecule has 0 aromatic carbocycles. The Morgan fingerprint density at radius 1 is 1.26 bits per heavy atom. The summed E-state index contributed by atoms with van der Waals surface area (Å²) in [4.78, 5) is 6.85. The zero-order chi connectivity index (χ0) is 18.6. The molecule has 156 valence electrons. The smallest absolute Gasteiger partial charge is 0.191 e. The summed E-state index contributed by atoms with van der Waals surface area (Å²) in [6, 6.07) is 4.29. The lowest BCUT2D eigenvalue weighted by atomic mass is 10.1. The number of guanidine groups is 1. The molecule has 1 fully saturated rings. The summed E-state index contributed by atoms with van der Waals surface area (Å²) in [5, 5.41) is 6.83. The summed E-state index contributed by atoms with van der Waals surface area (Å²) in [5.41, 5.74) is 0. The van der Waals surface area contributed by atoms with Gasteiger partial charge in [0.1, 0.15) is 5.76 Å². The first-order valence-electron chi connectivity index (χ1n) is 10.0. The van der Waals surface area contributed by atoms with E-state index in [1.165, 1.54) is 19.3 Å². The minimum absolute atomic E-state index is 0. The number of ether oxygens (including phenoxy) is 1. The number of nitrogens with zero attached hydrogens (tertiary/aromatic N) is 2. The van der Waals surface area contributed by atoms with Crippen LogP contribution in [-0.2, 0) is 4.74 Å². The van der Waals surface area contributed by atoms with Gasteiger partial charge in [-0.2, -0.15) is 0 Å². The molecule has 1 atom stereocenters. The molecule has 7 heteroatoms. The fourth-order valence-corrected chi connectivity index (χ4v) is 3.23. The van der Waals surface area contributed by atoms with E-state index in [2.05, 4.69) is 40.4 Å². The quantitative estimate of drug-likeness (QED) is 0.226. The van der Waals surface area contributed by atoms with E-state index < -0.39 is 0 Å². The standard InChI is InChI=1S/C20H36N4O2.HI/c1-17(2)16-25-13-8-10-22-20(21-3)23-15-18(19-9-7-14-26-19)24-11-5-4-6-12-24;/h7,9,14,17-18H,4-6,8,10-13,15-16H2,1-3H3,(H2,21,22,23);1H. The number of rotatable bonds is 10. The highest BCUT2D eigenvalue weighted by molar-refractivity contribution is 14.0. The van der Waals surface area contributed by atoms with Crippen molar-refractivity contribution in [1.82, 2.24) is 15.5 Å². The molecule has 1 unspecified atom stereocenters. The maximum absolute atomic E-state index is 5.70. The third-order valence-corrected chi connectivity index (χ3v) is 4.60. The summed E-state index contributed by atoms with van der Waals surface area (Å²) in [7, 11) is 1.81. The first-order valence-corrected chi connectivity index (χ1v) is 10.0. The van der Waals surface area contributed by atoms with Crippen LogP contribution in [-0.4, -0.2) is 57.3 Å². The number of hydrogen-bond acceptors (Lipinski definition) is 4. The highest BCUT2D eigenvalue weighted by Gasteiger charge is 2.24. The average molecular weight is 492 g/mol. The van der Waals surface area contributed by atoms with Crippen molar-refractivity contribution < 1.29 is 9.15 Å². The van der Waals surface area contributed by atoms with Crippen LogP contribution in [0.15, 0.2) is 27.8 Å². The molecule has 0 saturated carbocycles. The van der Waals surface area contributed by atoms with Crippen LogP contribution in [0.2, 0.25) is 0 Å². The normalized spacial score (nSPS) is 16.8. The van der Waals surface area contributed by atoms with Crippen LogP contribution in [0, 0.1) is 5.92 Å². The molecule has 0 aliphatic carbocycles. The summed E-state index contributed by atoms with van der Waals surface area (Å²) in [5.74, 6) is 2.45. The molecule has 1 aliphatic rings. The van der Waals surface area contributed by atoms with Crippen LogP contribution in [0.1, 0.15) is 51.3 Å². The molecule has 2 rings (SSSR count). The highest BCUT2D eigenvalue weighted by Crippen LogP contribution is 2.24. The Balaban J connectivity index is 0.00000364. The van der Waals surface area contributed by atoms with Gasteiger partial charge < -0.3 is 19.8 Å². The Kier molecular flexibility index (Phi) is 12.8. The van der Waals surface area contributed by atoms with Gasteiger partial charge in [0.05, 0.1) is 12.3 Å². The summed E-state index contributed by atoms with van der Waals surface area (Å²) in [6.45, 7) is 9.85. The van der Waals surface area contributed by atoms with E-state index in [1.807, 2.05) is 13.1 Å². The van der Waals surface area contributed by atoms with Gasteiger partial charge in [0.2, 0.25) is 0 Å². The van der Waals surface area contributed by atoms with Gasteiger partial charge in [-0.25, -0.2) is 0 Å². The highest BCUT2D eigenvalue weighted by atomic mass is 127. The number of halogens is 1. The SMILES string of the molecule is CN=C(NCCCOCC(C)C)NCC(c1ccco1)N1CCCCC1.I. The van der Waals surface area contributed by atoms with Crippen LogP contribution < -0.4 is 10.6 Å². The molecule has 27 heavy (non-hydrogen) atoms. The largest absolute Gasteiger partial charge is 0.468 e. The lowest BCUT2D eigenvalue weighted by Crippen LogP contribution is -2.44. The minimum atomic E-state index is 0. The molecule has 0 spiro atoms. The monoisotopic (exact) mass is 492 g/mol. The van der Waals surface area contributed by atoms with Crippen LogP contribution in [0.25, 0.3) is 0 Å². The van der Waals surface area contributed by atoms with Crippen molar-refractivity contribution in [3.05, 3.63) is 24.2 Å². The Bertz CT molecular complexity index is 502. The molecule has 1 saturated heterocycles. The summed E-state index contributed by atoms with van der Waals surface area (Å²) >= 11 is 0. The molecular formula is C20H37IN4O2. The summed E-state index contributed by atoms with van der Waals surface area (Å²) in [6.07, 6.45) is 6.59. The van der Waals surface area contributed by atoms with Crippen LogP contribution in [0.3, 0.4) is 0 Å². The van der Waals surface area contributed by atoms with Crippen molar-refractivity contribution in [2.75, 3.05) is 46.4 Å². The number of furan rings is 1. The maximum atomic E-state index is 5.70. The second kappa shape index (κ2) is 14.2. The fourth-order valence-electron chi connectivity index (χ4n) is 3.23. The van der Waals surface area contributed by atoms with E-state index in [1.54, 1.807) is 6.26 Å². The van der Waals surface area contributed by atoms with Crippen molar-refractivity contribution in [3.63, 3.8) is 0 Å². The Hall–Kier alpha value is -0.800. The lowest BCUT2D eigenvalue weighted by Gasteiger charge is -2.33. The number of aliphatic imine (C=N–C) groups is 1. The van der Waals surface area contributed by atoms with Gasteiger partial charge in [0.25, 0.3) is 0 Å². The molecule has 1 aliphatic heterocycles. The molecular weight excluding hydrogens is 455 g/mol. The van der Waals surface area contributed by atoms with Gasteiger partial charge in [-0.3, -0.25) is 9.89 Å². The molecule has 2 heterocycles. The number of nitrogens with one attached hydrogen (secondary N) is 2. The van der Waals surface area contributed by atoms with Gasteiger partial charge in [-0.1, -0.05) is 20.3 Å². The van der Waals surface area contributed by atoms with E-state index in [9.17, 15) is 0 Å². The van der Waals surface area contributed by atoms with Gasteiger partial charge in [-0.15, -0.1) is 24.0 Å². The lowest BCUT2D eigenvalue weighted by molar-refractivity contribution is 0.108. The Morgan fingerprint density at radius 3 is 2.67 bits per heavy atom. The van der Waals surface area contributed by atoms with Gasteiger partial charge in [0.15, 0.2) is 5.96 Å². The van der Waals surface area contributed by atoms with E-state index >= 15 is 0 Å². The minimum Gasteiger partial charge on any atom is -0.468 e. The second-order valence-electron chi connectivity index (χ2n) is 7.33. The third-order valence-electron chi connectivity index (χ3n) is 4.60. The van der Waals surface area contributed by atoms with Gasteiger partial charge in [0, 0.05) is 33.4 Å². The molecule has 0 amide bonds. The predicted octanol–water partition coefficient (Wildman–Crippen LogP) is 3.65. The molecule has 6 nitrogen and oxygen atoms in total. The number of hydrogen-bond donors (Lipinski definition) is 2. The van der Waals surface area contributed by atoms with Crippen molar-refractivity contribution in [3.8, 4) is 0 Å². The van der Waals surface area contributed by atoms with Gasteiger partial charge >= 0.3 is 0 Å². The molecule has 0 bridgehead atoms. The van der Waals surface area contributed by atoms with Crippen molar-refractivity contribution in [2.24, 2.45) is 10.9 Å². The number of likely N-dealkylation sites (tertiary alicyclic amines) is 1. The van der Waals surface area contributed by atoms with E-state index in [0.717, 1.165) is 57.5 Å². The zero-order valence-electron chi connectivity index (χ0n) is 17.1. The third kappa shape index (κ3) is 9.30. The number of piperidine rings is 1. The molecule has 1 aromatic heterocycles. The van der Waals surface area contributed by atoms with Gasteiger partial charge in [-0.05, 0) is 50.4 Å². The molecule has 0 radical (unpaired) electrons. The molecule has 1 aromatic rings. The van der Waals surface area contributed by atoms with E-state index in [0.29, 0.717) is 5.92 Å². The zero-order valence-corrected chi connectivity index (χ0v) is 19.4. The van der Waals surface area contributed by atoms with Crippen molar-refractivity contribution >= 4 is 29.9 Å². The van der Waals surface area contributed by atoms with Crippen molar-refractivity contribution in [1.29, 1.82) is 0 Å². The van der Waals surface area contributed by atoms with E-state index in [-0.39, 0.29) is 30.0 Å². The topological polar surface area (TPSA) is 62.0 Å². The fraction of sp³-hybridized carbons (Fsp3) is 0.750. The first kappa shape index (κ1) is 24.2. The predicted molar refractivity (Wildman–Crippen MR) is 122 cm³/mol. The van der Waals surface area contributed by atoms with Crippen molar-refractivity contribution in [2.45, 2.75) is 45.6 Å². The van der Waals surface area contributed by atoms with E-state index in [4.69, 9.17) is 9.15 Å². The first-order chi connectivity index (χ1) is 12.7. The maximum Gasteiger partial charge on any atom is 0.191 e. The Morgan fingerprint density at radius 2 is 2.04 bits per heavy atom. The second-order valence-corrected chi connectivity index (χ2v) is 7.33. The summed E-state index contributed by atoms with van der Waals surface area (Å²) < 4.78 is 11.3. The van der Waals surface area contributed by atoms with Crippen LogP contribution in [0.5, 0.6) is 0 Å². The van der Waals surface area contributed by atoms with Crippen LogP contribution >= 0.6 is 24.0 Å². The van der Waals surface area contributed by atoms with Crippen LogP contribution in [0.4, 0.5) is 0 Å². The Labute approximate surface area is 181 Å². The average Bonchev–Trinajstić information content (AvgIpc) is 3.18. The molecule has 2 N–H and O–H groups in total.